The van der Waals surface area contributed by atoms with E-state index >= 15 is 0 Å². The maximum absolute atomic E-state index is 11.9. The minimum Gasteiger partial charge on any atom is -0.341 e. The average Bonchev–Trinajstić information content (AvgIpc) is 3.15. The normalized spacial score (nSPS) is 11.8. The summed E-state index contributed by atoms with van der Waals surface area (Å²) in [6.07, 6.45) is 3.48. The fraction of sp³-hybridized carbons (Fsp3) is 0.368. The quantitative estimate of drug-likeness (QED) is 0.675. The van der Waals surface area contributed by atoms with Crippen LogP contribution in [0.2, 0.25) is 0 Å². The number of hydrogen-bond acceptors (Lipinski definition) is 3. The van der Waals surface area contributed by atoms with E-state index in [4.69, 9.17) is 0 Å². The van der Waals surface area contributed by atoms with Crippen LogP contribution < -0.4 is 16.0 Å². The number of hydrogen-bond donors (Lipinski definition) is 3. The van der Waals surface area contributed by atoms with Crippen molar-refractivity contribution >= 4 is 23.3 Å². The Morgan fingerprint density at radius 1 is 1.20 bits per heavy atom. The van der Waals surface area contributed by atoms with Crippen molar-refractivity contribution in [3.05, 3.63) is 57.8 Å². The molecule has 1 atom stereocenters. The molecule has 3 amide bonds. The minimum absolute atomic E-state index is 0.0515. The molecule has 5 nitrogen and oxygen atoms in total. The van der Waals surface area contributed by atoms with E-state index < -0.39 is 6.03 Å². The highest BCUT2D eigenvalue weighted by Crippen LogP contribution is 2.23. The molecule has 0 aliphatic carbocycles. The summed E-state index contributed by atoms with van der Waals surface area (Å²) in [6, 6.07) is 12.3. The summed E-state index contributed by atoms with van der Waals surface area (Å²) in [5, 5.41) is 8.68. The summed E-state index contributed by atoms with van der Waals surface area (Å²) in [5.74, 6) is -0.305. The third-order valence-corrected chi connectivity index (χ3v) is 4.98. The number of thiophene rings is 1. The predicted octanol–water partition coefficient (Wildman–Crippen LogP) is 2.20. The first kappa shape index (κ1) is 19.1. The van der Waals surface area contributed by atoms with Crippen molar-refractivity contribution in [3.63, 3.8) is 0 Å². The smallest absolute Gasteiger partial charge is 0.321 e. The molecule has 1 aromatic heterocycles. The van der Waals surface area contributed by atoms with Crippen molar-refractivity contribution in [1.29, 1.82) is 0 Å². The fourth-order valence-corrected chi connectivity index (χ4v) is 3.47. The molecule has 0 aliphatic heterocycles. The Kier molecular flexibility index (Phi) is 7.63. The molecule has 1 heterocycles. The zero-order valence-electron chi connectivity index (χ0n) is 14.7. The van der Waals surface area contributed by atoms with Crippen LogP contribution in [0.15, 0.2) is 41.8 Å². The van der Waals surface area contributed by atoms with Crippen molar-refractivity contribution in [2.24, 2.45) is 0 Å². The van der Waals surface area contributed by atoms with Crippen LogP contribution in [-0.2, 0) is 11.2 Å². The van der Waals surface area contributed by atoms with Crippen LogP contribution in [0.1, 0.15) is 41.8 Å². The minimum atomic E-state index is -0.480. The lowest BCUT2D eigenvalue weighted by Crippen LogP contribution is -2.87. The van der Waals surface area contributed by atoms with E-state index in [0.717, 1.165) is 12.0 Å². The van der Waals surface area contributed by atoms with Gasteiger partial charge in [0.25, 0.3) is 5.91 Å². The molecule has 0 saturated heterocycles. The number of nitrogens with one attached hydrogen (secondary N) is 2. The number of benzene rings is 1. The second kappa shape index (κ2) is 9.96. The SMILES string of the molecule is CCCCc1ccc([C@@H]([NH2+]CC(=O)NC(=O)NC)c2cccs2)cc1. The average molecular weight is 361 g/mol. The molecule has 0 bridgehead atoms. The predicted molar refractivity (Wildman–Crippen MR) is 101 cm³/mol. The number of carbonyl (C=O) groups excluding carboxylic acids is 2. The Morgan fingerprint density at radius 3 is 2.56 bits per heavy atom. The van der Waals surface area contributed by atoms with E-state index in [2.05, 4.69) is 47.9 Å². The van der Waals surface area contributed by atoms with Gasteiger partial charge in [-0.15, -0.1) is 11.3 Å². The van der Waals surface area contributed by atoms with Crippen molar-refractivity contribution < 1.29 is 14.9 Å². The van der Waals surface area contributed by atoms with Crippen LogP contribution in [0.3, 0.4) is 0 Å². The molecule has 0 aliphatic rings. The van der Waals surface area contributed by atoms with Gasteiger partial charge in [-0.25, -0.2) is 4.79 Å². The van der Waals surface area contributed by atoms with Crippen LogP contribution in [0.5, 0.6) is 0 Å². The van der Waals surface area contributed by atoms with Crippen LogP contribution in [0, 0.1) is 0 Å². The Labute approximate surface area is 152 Å². The molecule has 0 spiro atoms. The maximum Gasteiger partial charge on any atom is 0.321 e. The van der Waals surface area contributed by atoms with E-state index in [-0.39, 0.29) is 18.5 Å². The van der Waals surface area contributed by atoms with Crippen LogP contribution in [0.25, 0.3) is 0 Å². The summed E-state index contributed by atoms with van der Waals surface area (Å²) >= 11 is 1.67. The first-order valence-electron chi connectivity index (χ1n) is 8.61. The van der Waals surface area contributed by atoms with E-state index in [1.807, 2.05) is 16.8 Å². The summed E-state index contributed by atoms with van der Waals surface area (Å²) in [4.78, 5) is 24.3. The molecular formula is C19H26N3O2S+. The Hall–Kier alpha value is -2.18. The van der Waals surface area contributed by atoms with Gasteiger partial charge >= 0.3 is 6.03 Å². The number of amides is 3. The third-order valence-electron chi connectivity index (χ3n) is 4.03. The van der Waals surface area contributed by atoms with Crippen molar-refractivity contribution in [2.75, 3.05) is 13.6 Å². The van der Waals surface area contributed by atoms with Gasteiger partial charge in [0, 0.05) is 12.6 Å². The molecule has 134 valence electrons. The molecule has 0 radical (unpaired) electrons. The van der Waals surface area contributed by atoms with Gasteiger partial charge in [0.2, 0.25) is 0 Å². The van der Waals surface area contributed by atoms with Crippen molar-refractivity contribution in [1.82, 2.24) is 10.6 Å². The molecule has 2 rings (SSSR count). The highest BCUT2D eigenvalue weighted by Gasteiger charge is 2.20. The molecule has 0 saturated carbocycles. The number of aryl methyl sites for hydroxylation is 1. The molecule has 1 aromatic carbocycles. The summed E-state index contributed by atoms with van der Waals surface area (Å²) in [6.45, 7) is 2.38. The molecule has 2 aromatic rings. The van der Waals surface area contributed by atoms with Gasteiger partial charge in [-0.3, -0.25) is 10.1 Å². The standard InChI is InChI=1S/C19H25N3O2S/c1-3-4-6-14-8-10-15(11-9-14)18(16-7-5-12-25-16)21-13-17(23)22-19(24)20-2/h5,7-12,18,21H,3-4,6,13H2,1-2H3,(H2,20,22,23,24)/p+1/t18-/m1/s1. The summed E-state index contributed by atoms with van der Waals surface area (Å²) in [5.41, 5.74) is 2.50. The molecule has 4 N–H and O–H groups in total. The largest absolute Gasteiger partial charge is 0.341 e. The molecule has 0 unspecified atom stereocenters. The third kappa shape index (κ3) is 5.99. The van der Waals surface area contributed by atoms with Crippen molar-refractivity contribution in [3.8, 4) is 0 Å². The first-order valence-corrected chi connectivity index (χ1v) is 9.49. The Morgan fingerprint density at radius 2 is 1.96 bits per heavy atom. The van der Waals surface area contributed by atoms with Gasteiger partial charge in [-0.1, -0.05) is 43.7 Å². The second-order valence-corrected chi connectivity index (χ2v) is 6.88. The fourth-order valence-electron chi connectivity index (χ4n) is 2.62. The van der Waals surface area contributed by atoms with Crippen LogP contribution in [-0.4, -0.2) is 25.5 Å². The number of urea groups is 1. The maximum atomic E-state index is 11.9. The number of imide groups is 1. The highest BCUT2D eigenvalue weighted by molar-refractivity contribution is 7.10. The zero-order valence-corrected chi connectivity index (χ0v) is 15.6. The van der Waals surface area contributed by atoms with Gasteiger partial charge in [0.1, 0.15) is 6.04 Å². The van der Waals surface area contributed by atoms with Gasteiger partial charge < -0.3 is 10.6 Å². The number of rotatable bonds is 8. The molecular weight excluding hydrogens is 334 g/mol. The monoisotopic (exact) mass is 360 g/mol. The zero-order chi connectivity index (χ0) is 18.1. The summed E-state index contributed by atoms with van der Waals surface area (Å²) in [7, 11) is 1.49. The lowest BCUT2D eigenvalue weighted by molar-refractivity contribution is -0.676. The topological polar surface area (TPSA) is 74.8 Å². The van der Waals surface area contributed by atoms with Gasteiger partial charge in [0.05, 0.1) is 4.88 Å². The van der Waals surface area contributed by atoms with Crippen LogP contribution in [0.4, 0.5) is 4.79 Å². The van der Waals surface area contributed by atoms with E-state index in [9.17, 15) is 9.59 Å². The first-order chi connectivity index (χ1) is 12.1. The Bertz CT molecular complexity index is 668. The second-order valence-electron chi connectivity index (χ2n) is 5.91. The number of unbranched alkanes of at least 4 members (excludes halogenated alkanes) is 1. The lowest BCUT2D eigenvalue weighted by Gasteiger charge is -2.15. The van der Waals surface area contributed by atoms with E-state index in [0.29, 0.717) is 0 Å². The van der Waals surface area contributed by atoms with Gasteiger partial charge in [0.15, 0.2) is 6.54 Å². The van der Waals surface area contributed by atoms with E-state index in [1.54, 1.807) is 11.3 Å². The molecule has 25 heavy (non-hydrogen) atoms. The number of carbonyl (C=O) groups is 2. The number of quaternary nitrogens is 1. The highest BCUT2D eigenvalue weighted by atomic mass is 32.1. The molecule has 0 fully saturated rings. The van der Waals surface area contributed by atoms with Crippen LogP contribution >= 0.6 is 11.3 Å². The van der Waals surface area contributed by atoms with Gasteiger partial charge in [-0.2, -0.15) is 0 Å². The lowest BCUT2D eigenvalue weighted by atomic mass is 10.0. The summed E-state index contributed by atoms with van der Waals surface area (Å²) < 4.78 is 0. The Balaban J connectivity index is 2.06. The van der Waals surface area contributed by atoms with E-state index in [1.165, 1.54) is 30.3 Å². The number of nitrogens with two attached hydrogens (primary N) is 1. The molecule has 6 heteroatoms. The van der Waals surface area contributed by atoms with Crippen molar-refractivity contribution in [2.45, 2.75) is 32.2 Å². The van der Waals surface area contributed by atoms with Gasteiger partial charge in [-0.05, 0) is 29.9 Å².